The van der Waals surface area contributed by atoms with Crippen LogP contribution < -0.4 is 23.4 Å². The third-order valence-electron chi connectivity index (χ3n) is 8.41. The zero-order valence-electron chi connectivity index (χ0n) is 24.9. The fourth-order valence-electron chi connectivity index (χ4n) is 5.97. The van der Waals surface area contributed by atoms with Crippen LogP contribution in [0.5, 0.6) is 0 Å². The van der Waals surface area contributed by atoms with Crippen molar-refractivity contribution in [2.75, 3.05) is 59.5 Å². The molecule has 0 aromatic heterocycles. The summed E-state index contributed by atoms with van der Waals surface area (Å²) in [5, 5.41) is 80.8. The molecule has 3 rings (SSSR count). The van der Waals surface area contributed by atoms with Gasteiger partial charge in [0.15, 0.2) is 6.29 Å². The molecule has 18 nitrogen and oxygen atoms in total. The molecule has 0 aromatic carbocycles. The van der Waals surface area contributed by atoms with Gasteiger partial charge in [-0.2, -0.15) is 0 Å². The first-order valence-electron chi connectivity index (χ1n) is 14.7. The van der Waals surface area contributed by atoms with E-state index in [1.807, 2.05) is 0 Å². The molecule has 1 heterocycles. The third-order valence-corrected chi connectivity index (χ3v) is 8.41. The molecular weight excluding hydrogens is 592 g/mol. The Morgan fingerprint density at radius 1 is 0.568 bits per heavy atom. The first-order valence-corrected chi connectivity index (χ1v) is 14.7. The number of aliphatic hydroxyl groups is 8. The number of ether oxygens (including phenoxy) is 6. The minimum atomic E-state index is -1.49. The molecule has 262 valence electrons. The summed E-state index contributed by atoms with van der Waals surface area (Å²) in [7, 11) is 0. The average molecular weight is 647 g/mol. The molecule has 2 saturated carbocycles. The maximum atomic E-state index is 11.4. The molecule has 3 aliphatic rings. The van der Waals surface area contributed by atoms with E-state index in [1.54, 1.807) is 0 Å². The lowest BCUT2D eigenvalue weighted by atomic mass is 9.77. The van der Waals surface area contributed by atoms with Crippen molar-refractivity contribution >= 4 is 0 Å². The highest BCUT2D eigenvalue weighted by Gasteiger charge is 2.51. The van der Waals surface area contributed by atoms with Crippen LogP contribution in [0.1, 0.15) is 12.8 Å². The van der Waals surface area contributed by atoms with Crippen LogP contribution in [-0.2, 0) is 28.4 Å². The Morgan fingerprint density at radius 2 is 1.02 bits per heavy atom. The first-order chi connectivity index (χ1) is 20.5. The first kappa shape index (κ1) is 39.5. The van der Waals surface area contributed by atoms with Gasteiger partial charge in [-0.05, 0) is 12.8 Å². The minimum Gasteiger partial charge on any atom is -0.394 e. The number of hydrogen-bond acceptors (Lipinski definition) is 18. The fraction of sp³-hybridized carbons (Fsp3) is 1.00. The summed E-state index contributed by atoms with van der Waals surface area (Å²) in [6.07, 6.45) is -11.1. The second-order valence-corrected chi connectivity index (χ2v) is 11.4. The summed E-state index contributed by atoms with van der Waals surface area (Å²) in [5.74, 6) is -1.12. The van der Waals surface area contributed by atoms with Gasteiger partial charge >= 0.3 is 0 Å². The van der Waals surface area contributed by atoms with Gasteiger partial charge in [-0.25, -0.2) is 0 Å². The van der Waals surface area contributed by atoms with Crippen molar-refractivity contribution in [1.29, 1.82) is 0 Å². The van der Waals surface area contributed by atoms with Crippen molar-refractivity contribution in [3.8, 4) is 0 Å². The van der Waals surface area contributed by atoms with Crippen LogP contribution in [0.4, 0.5) is 0 Å². The molecule has 0 bridgehead atoms. The number of hydrogen-bond donors (Lipinski definition) is 12. The molecular formula is C26H54N4O14. The topological polar surface area (TPSA) is 330 Å². The van der Waals surface area contributed by atoms with Gasteiger partial charge in [0, 0.05) is 11.8 Å². The second-order valence-electron chi connectivity index (χ2n) is 11.4. The highest BCUT2D eigenvalue weighted by Crippen LogP contribution is 2.36. The Morgan fingerprint density at radius 3 is 1.59 bits per heavy atom. The van der Waals surface area contributed by atoms with Crippen LogP contribution in [-0.4, -0.2) is 180 Å². The van der Waals surface area contributed by atoms with Crippen LogP contribution in [0.2, 0.25) is 0 Å². The van der Waals surface area contributed by atoms with Crippen molar-refractivity contribution in [2.24, 2.45) is 29.0 Å². The van der Waals surface area contributed by atoms with Gasteiger partial charge in [0.05, 0.1) is 114 Å². The Labute approximate surface area is 256 Å². The molecule has 1 aliphatic heterocycles. The summed E-state index contributed by atoms with van der Waals surface area (Å²) in [4.78, 5) is 0. The Balaban J connectivity index is 0.00000675. The highest BCUT2D eigenvalue weighted by atomic mass is 16.6. The lowest BCUT2D eigenvalue weighted by Gasteiger charge is -2.49. The zero-order valence-corrected chi connectivity index (χ0v) is 24.9. The quantitative estimate of drug-likeness (QED) is 0.0694. The molecule has 0 radical (unpaired) electrons. The molecule has 2 aliphatic carbocycles. The van der Waals surface area contributed by atoms with Crippen LogP contribution in [0.3, 0.4) is 0 Å². The Hall–Kier alpha value is -0.720. The van der Waals surface area contributed by atoms with Crippen LogP contribution >= 0.6 is 0 Å². The van der Waals surface area contributed by atoms with Crippen molar-refractivity contribution in [1.82, 2.24) is 6.15 Å². The van der Waals surface area contributed by atoms with E-state index in [4.69, 9.17) is 55.8 Å². The summed E-state index contributed by atoms with van der Waals surface area (Å²) in [6.45, 7) is -0.715. The van der Waals surface area contributed by atoms with Crippen molar-refractivity contribution in [3.63, 3.8) is 0 Å². The molecule has 17 N–H and O–H groups in total. The fourth-order valence-corrected chi connectivity index (χ4v) is 5.97. The van der Waals surface area contributed by atoms with Gasteiger partial charge < -0.3 is 92.6 Å². The van der Waals surface area contributed by atoms with Gasteiger partial charge in [0.2, 0.25) is 0 Å². The smallest absolute Gasteiger partial charge is 0.173 e. The molecule has 0 unspecified atom stereocenters. The summed E-state index contributed by atoms with van der Waals surface area (Å²) < 4.78 is 34.3. The molecule has 0 spiro atoms. The third kappa shape index (κ3) is 9.89. The van der Waals surface area contributed by atoms with E-state index < -0.39 is 91.2 Å². The number of rotatable bonds is 16. The molecule has 1 saturated heterocycles. The Bertz CT molecular complexity index is 795. The summed E-state index contributed by atoms with van der Waals surface area (Å²) in [6, 6.07) is -3.25. The van der Waals surface area contributed by atoms with Crippen molar-refractivity contribution < 1.29 is 69.3 Å². The normalized spacial score (nSPS) is 43.0. The lowest BCUT2D eigenvalue weighted by Crippen LogP contribution is -2.67. The molecule has 0 aromatic rings. The largest absolute Gasteiger partial charge is 0.394 e. The zero-order chi connectivity index (χ0) is 31.7. The molecule has 18 heteroatoms. The standard InChI is InChI=1S/C26H51N3O14.H3N/c27-17-14(7-12(9-38-4-1-30)20(33)21(17)34)41-24-13(10-39-5-2-31)8-15(18(28)22(24)35)42-25-16(11-40-6-3-32)43-26(37)19(29)23(25)36;/h12-26,30-37H,1-11,27-29H2;1H3/t12-,13-,14-,15-,16-,17+,18+,19-,20-,21-,22-,23-,24-,25-,26-;/m1./s1. The number of aliphatic hydroxyl groups excluding tert-OH is 8. The molecule has 0 amide bonds. The maximum Gasteiger partial charge on any atom is 0.173 e. The monoisotopic (exact) mass is 646 g/mol. The molecule has 3 fully saturated rings. The summed E-state index contributed by atoms with van der Waals surface area (Å²) >= 11 is 0. The second kappa shape index (κ2) is 19.2. The van der Waals surface area contributed by atoms with E-state index in [9.17, 15) is 30.6 Å². The van der Waals surface area contributed by atoms with Crippen LogP contribution in [0.15, 0.2) is 0 Å². The van der Waals surface area contributed by atoms with E-state index in [0.29, 0.717) is 0 Å². The predicted octanol–water partition coefficient (Wildman–Crippen LogP) is -6.13. The maximum absolute atomic E-state index is 11.4. The van der Waals surface area contributed by atoms with Gasteiger partial charge in [-0.15, -0.1) is 0 Å². The predicted molar refractivity (Wildman–Crippen MR) is 151 cm³/mol. The van der Waals surface area contributed by atoms with E-state index in [2.05, 4.69) is 0 Å². The van der Waals surface area contributed by atoms with Crippen LogP contribution in [0, 0.1) is 11.8 Å². The summed E-state index contributed by atoms with van der Waals surface area (Å²) in [5.41, 5.74) is 18.6. The van der Waals surface area contributed by atoms with Gasteiger partial charge in [0.25, 0.3) is 0 Å². The minimum absolute atomic E-state index is 0. The van der Waals surface area contributed by atoms with Gasteiger partial charge in [-0.1, -0.05) is 0 Å². The molecule has 15 atom stereocenters. The van der Waals surface area contributed by atoms with E-state index in [-0.39, 0.29) is 78.5 Å². The highest BCUT2D eigenvalue weighted by molar-refractivity contribution is 5.02. The van der Waals surface area contributed by atoms with Crippen LogP contribution in [0.25, 0.3) is 0 Å². The van der Waals surface area contributed by atoms with Crippen molar-refractivity contribution in [2.45, 2.75) is 92.2 Å². The van der Waals surface area contributed by atoms with E-state index in [1.165, 1.54) is 0 Å². The average Bonchev–Trinajstić information content (AvgIpc) is 2.99. The molecule has 44 heavy (non-hydrogen) atoms. The van der Waals surface area contributed by atoms with Gasteiger partial charge in [-0.3, -0.25) is 0 Å². The van der Waals surface area contributed by atoms with Gasteiger partial charge in [0.1, 0.15) is 18.3 Å². The van der Waals surface area contributed by atoms with E-state index in [0.717, 1.165) is 0 Å². The number of nitrogens with two attached hydrogens (primary N) is 3. The Kier molecular flexibility index (Phi) is 17.2. The lowest BCUT2D eigenvalue weighted by molar-refractivity contribution is -0.279. The van der Waals surface area contributed by atoms with E-state index >= 15 is 0 Å². The SMILES string of the molecule is N.N[C@@H]1[C@@H](O)[C@H](O[C@@H]2C[C@H](COCCO)[C@@H](O[C@@H]3C[C@H](COCCO)[C@@H](O)[C@H](O)[C@H]3N)[C@H](O)[C@H]2N)[C@@H](COCCO)O[C@H]1O. The van der Waals surface area contributed by atoms with Crippen molar-refractivity contribution in [3.05, 3.63) is 0 Å².